The number of nitrogens with zero attached hydrogens (tertiary/aromatic N) is 2. The van der Waals surface area contributed by atoms with Gasteiger partial charge in [0.2, 0.25) is 0 Å². The average Bonchev–Trinajstić information content (AvgIpc) is 2.73. The van der Waals surface area contributed by atoms with Gasteiger partial charge >= 0.3 is 0 Å². The third kappa shape index (κ3) is 1.92. The minimum Gasteiger partial charge on any atom is -0.305 e. The van der Waals surface area contributed by atoms with E-state index >= 15 is 0 Å². The summed E-state index contributed by atoms with van der Waals surface area (Å²) in [5.74, 6) is 0. The van der Waals surface area contributed by atoms with Crippen molar-refractivity contribution in [2.75, 3.05) is 0 Å². The summed E-state index contributed by atoms with van der Waals surface area (Å²) in [5.41, 5.74) is 7.11. The largest absolute Gasteiger partial charge is 0.305 e. The zero-order valence-electron chi connectivity index (χ0n) is 11.2. The quantitative estimate of drug-likeness (QED) is 0.803. The predicted molar refractivity (Wildman–Crippen MR) is 78.9 cm³/mol. The topological polar surface area (TPSA) is 37.8 Å². The minimum absolute atomic E-state index is 0. The summed E-state index contributed by atoms with van der Waals surface area (Å²) < 4.78 is 0. The first-order valence-corrected chi connectivity index (χ1v) is 6.74. The first kappa shape index (κ1) is 12.8. The van der Waals surface area contributed by atoms with E-state index in [1.807, 2.05) is 0 Å². The molecule has 0 spiro atoms. The maximum absolute atomic E-state index is 4.87. The van der Waals surface area contributed by atoms with E-state index in [1.165, 1.54) is 35.4 Å². The van der Waals surface area contributed by atoms with Gasteiger partial charge in [0.05, 0.1) is 28.5 Å². The van der Waals surface area contributed by atoms with E-state index in [0.29, 0.717) is 12.1 Å². The lowest BCUT2D eigenvalue weighted by Crippen LogP contribution is -2.33. The van der Waals surface area contributed by atoms with E-state index < -0.39 is 0 Å². The molecular weight excluding hydrogens is 258 g/mol. The van der Waals surface area contributed by atoms with Crippen molar-refractivity contribution in [3.8, 4) is 0 Å². The fraction of sp³-hybridized carbons (Fsp3) is 0.467. The molecule has 0 radical (unpaired) electrons. The number of hydrogen-bond acceptors (Lipinski definition) is 3. The van der Waals surface area contributed by atoms with E-state index in [4.69, 9.17) is 9.97 Å². The Morgan fingerprint density at radius 1 is 1.05 bits per heavy atom. The van der Waals surface area contributed by atoms with Crippen LogP contribution < -0.4 is 5.32 Å². The van der Waals surface area contributed by atoms with Gasteiger partial charge in [-0.05, 0) is 49.9 Å². The van der Waals surface area contributed by atoms with Crippen LogP contribution in [0.4, 0.5) is 0 Å². The second kappa shape index (κ2) is 4.43. The Hall–Kier alpha value is -1.19. The van der Waals surface area contributed by atoms with Crippen LogP contribution in [0.25, 0.3) is 11.0 Å². The van der Waals surface area contributed by atoms with Gasteiger partial charge in [-0.2, -0.15) is 0 Å². The molecule has 1 fully saturated rings. The van der Waals surface area contributed by atoms with Crippen LogP contribution in [0, 0.1) is 13.8 Å². The summed E-state index contributed by atoms with van der Waals surface area (Å²) in [4.78, 5) is 9.73. The van der Waals surface area contributed by atoms with Crippen molar-refractivity contribution in [2.24, 2.45) is 0 Å². The van der Waals surface area contributed by atoms with Crippen molar-refractivity contribution < 1.29 is 0 Å². The van der Waals surface area contributed by atoms with Gasteiger partial charge in [-0.25, -0.2) is 9.97 Å². The molecule has 0 amide bonds. The number of halogens is 1. The lowest BCUT2D eigenvalue weighted by atomic mass is 10.0. The maximum Gasteiger partial charge on any atom is 0.0893 e. The predicted octanol–water partition coefficient (Wildman–Crippen LogP) is 3.02. The molecule has 0 aliphatic carbocycles. The monoisotopic (exact) mass is 275 g/mol. The SMILES string of the molecule is Cc1cc2nc3c(nc2cc1C)[C@@H]1CCC(C3)N1.Cl. The van der Waals surface area contributed by atoms with Crippen molar-refractivity contribution in [1.29, 1.82) is 0 Å². The molecule has 19 heavy (non-hydrogen) atoms. The molecule has 1 unspecified atom stereocenters. The van der Waals surface area contributed by atoms with E-state index in [9.17, 15) is 0 Å². The molecule has 0 saturated carbocycles. The number of aromatic nitrogens is 2. The minimum atomic E-state index is 0. The summed E-state index contributed by atoms with van der Waals surface area (Å²) in [6, 6.07) is 5.40. The Bertz CT molecular complexity index is 653. The average molecular weight is 276 g/mol. The molecule has 3 nitrogen and oxygen atoms in total. The molecule has 2 aliphatic heterocycles. The third-order valence-electron chi connectivity index (χ3n) is 4.39. The first-order valence-electron chi connectivity index (χ1n) is 6.74. The van der Waals surface area contributed by atoms with Crippen molar-refractivity contribution in [3.05, 3.63) is 34.6 Å². The fourth-order valence-electron chi connectivity index (χ4n) is 3.22. The third-order valence-corrected chi connectivity index (χ3v) is 4.39. The van der Waals surface area contributed by atoms with Crippen LogP contribution in [0.1, 0.15) is 41.4 Å². The van der Waals surface area contributed by atoms with Crippen LogP contribution in [0.5, 0.6) is 0 Å². The van der Waals surface area contributed by atoms with Crippen molar-refractivity contribution >= 4 is 23.4 Å². The van der Waals surface area contributed by atoms with E-state index in [2.05, 4.69) is 31.3 Å². The van der Waals surface area contributed by atoms with Gasteiger partial charge < -0.3 is 5.32 Å². The molecule has 100 valence electrons. The van der Waals surface area contributed by atoms with Gasteiger partial charge in [-0.1, -0.05) is 0 Å². The number of fused-ring (bicyclic) bond motifs is 5. The van der Waals surface area contributed by atoms with Crippen LogP contribution in [-0.2, 0) is 6.42 Å². The molecule has 2 aliphatic rings. The van der Waals surface area contributed by atoms with Gasteiger partial charge in [-0.15, -0.1) is 12.4 Å². The highest BCUT2D eigenvalue weighted by molar-refractivity contribution is 5.85. The summed E-state index contributed by atoms with van der Waals surface area (Å²) in [6.07, 6.45) is 3.52. The zero-order chi connectivity index (χ0) is 12.3. The van der Waals surface area contributed by atoms with Gasteiger partial charge in [0.25, 0.3) is 0 Å². The molecule has 2 atom stereocenters. The van der Waals surface area contributed by atoms with Crippen molar-refractivity contribution in [3.63, 3.8) is 0 Å². The first-order chi connectivity index (χ1) is 8.70. The molecule has 2 aromatic rings. The second-order valence-corrected chi connectivity index (χ2v) is 5.68. The Balaban J connectivity index is 0.00000110. The molecule has 4 heteroatoms. The highest BCUT2D eigenvalue weighted by Crippen LogP contribution is 2.34. The van der Waals surface area contributed by atoms with E-state index in [-0.39, 0.29) is 12.4 Å². The smallest absolute Gasteiger partial charge is 0.0893 e. The van der Waals surface area contributed by atoms with Gasteiger partial charge in [-0.3, -0.25) is 0 Å². The molecule has 1 N–H and O–H groups in total. The maximum atomic E-state index is 4.87. The molecule has 1 saturated heterocycles. The number of nitrogens with one attached hydrogen (secondary N) is 1. The fourth-order valence-corrected chi connectivity index (χ4v) is 3.22. The molecular formula is C15H18ClN3. The Labute approximate surface area is 119 Å². The van der Waals surface area contributed by atoms with Gasteiger partial charge in [0.1, 0.15) is 0 Å². The summed E-state index contributed by atoms with van der Waals surface area (Å²) in [5, 5.41) is 3.63. The number of rotatable bonds is 0. The molecule has 1 aromatic carbocycles. The lowest BCUT2D eigenvalue weighted by molar-refractivity contribution is 0.497. The summed E-state index contributed by atoms with van der Waals surface area (Å²) >= 11 is 0. The number of aryl methyl sites for hydroxylation is 2. The van der Waals surface area contributed by atoms with Gasteiger partial charge in [0.15, 0.2) is 0 Å². The highest BCUT2D eigenvalue weighted by Gasteiger charge is 2.34. The molecule has 3 heterocycles. The Morgan fingerprint density at radius 2 is 1.74 bits per heavy atom. The molecule has 1 aromatic heterocycles. The van der Waals surface area contributed by atoms with Crippen molar-refractivity contribution in [1.82, 2.24) is 15.3 Å². The number of benzene rings is 1. The van der Waals surface area contributed by atoms with Crippen LogP contribution in [0.2, 0.25) is 0 Å². The second-order valence-electron chi connectivity index (χ2n) is 5.68. The van der Waals surface area contributed by atoms with Crippen LogP contribution in [-0.4, -0.2) is 16.0 Å². The van der Waals surface area contributed by atoms with Crippen LogP contribution in [0.3, 0.4) is 0 Å². The Morgan fingerprint density at radius 3 is 2.47 bits per heavy atom. The zero-order valence-corrected chi connectivity index (χ0v) is 12.0. The van der Waals surface area contributed by atoms with E-state index in [1.54, 1.807) is 0 Å². The Kier molecular flexibility index (Phi) is 2.99. The van der Waals surface area contributed by atoms with Crippen LogP contribution >= 0.6 is 12.4 Å². The number of hydrogen-bond donors (Lipinski definition) is 1. The lowest BCUT2D eigenvalue weighted by Gasteiger charge is -2.23. The van der Waals surface area contributed by atoms with Gasteiger partial charge in [0, 0.05) is 12.5 Å². The van der Waals surface area contributed by atoms with Crippen molar-refractivity contribution in [2.45, 2.75) is 45.2 Å². The standard InChI is InChI=1S/C15H17N3.ClH/c1-8-5-12-13(6-9(8)2)18-15-11-4-3-10(16-11)7-14(15)17-12;/h5-6,10-11,16H,3-4,7H2,1-2H3;1H/t10?,11-;/m0./s1. The summed E-state index contributed by atoms with van der Waals surface area (Å²) in [7, 11) is 0. The van der Waals surface area contributed by atoms with E-state index in [0.717, 1.165) is 17.5 Å². The van der Waals surface area contributed by atoms with Crippen LogP contribution in [0.15, 0.2) is 12.1 Å². The molecule has 2 bridgehead atoms. The summed E-state index contributed by atoms with van der Waals surface area (Å²) in [6.45, 7) is 4.28. The molecule has 4 rings (SSSR count). The highest BCUT2D eigenvalue weighted by atomic mass is 35.5. The normalized spacial score (nSPS) is 24.1.